The summed E-state index contributed by atoms with van der Waals surface area (Å²) in [7, 11) is 0. The normalized spacial score (nSPS) is 16.3. The molecule has 0 unspecified atom stereocenters. The number of nitriles is 1. The highest BCUT2D eigenvalue weighted by atomic mass is 16.2. The van der Waals surface area contributed by atoms with Gasteiger partial charge < -0.3 is 16.0 Å². The number of rotatable bonds is 5. The molecule has 1 aliphatic heterocycles. The Morgan fingerprint density at radius 1 is 1.23 bits per heavy atom. The standard InChI is InChI=1S/C20H29N5O/c1-20(2,3)17-4-6-18(7-5-17)23-15-16(14-22)19(26)25-12-10-24(9-8-21)11-13-25/h4-7,15,23H,8-13,21H2,1-3H3/b16-15-. The second-order valence-corrected chi connectivity index (χ2v) is 7.56. The van der Waals surface area contributed by atoms with E-state index < -0.39 is 0 Å². The van der Waals surface area contributed by atoms with E-state index in [1.807, 2.05) is 18.2 Å². The molecule has 6 heteroatoms. The molecule has 0 atom stereocenters. The molecule has 1 fully saturated rings. The molecule has 0 saturated carbocycles. The van der Waals surface area contributed by atoms with E-state index >= 15 is 0 Å². The SMILES string of the molecule is CC(C)(C)c1ccc(N/C=C(/C#N)C(=O)N2CCN(CCN)CC2)cc1. The lowest BCUT2D eigenvalue weighted by Gasteiger charge is -2.34. The van der Waals surface area contributed by atoms with E-state index in [2.05, 4.69) is 43.1 Å². The number of anilines is 1. The van der Waals surface area contributed by atoms with Gasteiger partial charge in [-0.05, 0) is 23.1 Å². The monoisotopic (exact) mass is 355 g/mol. The van der Waals surface area contributed by atoms with E-state index in [0.29, 0.717) is 19.6 Å². The molecule has 6 nitrogen and oxygen atoms in total. The maximum absolute atomic E-state index is 12.6. The zero-order valence-corrected chi connectivity index (χ0v) is 16.0. The summed E-state index contributed by atoms with van der Waals surface area (Å²) < 4.78 is 0. The van der Waals surface area contributed by atoms with Crippen LogP contribution in [-0.4, -0.2) is 55.0 Å². The van der Waals surface area contributed by atoms with Gasteiger partial charge in [0.2, 0.25) is 0 Å². The van der Waals surface area contributed by atoms with Gasteiger partial charge in [0.25, 0.3) is 5.91 Å². The van der Waals surface area contributed by atoms with Crippen LogP contribution in [0.5, 0.6) is 0 Å². The lowest BCUT2D eigenvalue weighted by atomic mass is 9.87. The summed E-state index contributed by atoms with van der Waals surface area (Å²) in [6.45, 7) is 10.8. The number of nitrogens with one attached hydrogen (secondary N) is 1. The fourth-order valence-corrected chi connectivity index (χ4v) is 2.89. The van der Waals surface area contributed by atoms with Gasteiger partial charge in [-0.2, -0.15) is 5.26 Å². The van der Waals surface area contributed by atoms with Crippen molar-refractivity contribution in [3.8, 4) is 6.07 Å². The van der Waals surface area contributed by atoms with Gasteiger partial charge in [0, 0.05) is 51.2 Å². The third-order valence-corrected chi connectivity index (χ3v) is 4.59. The molecule has 0 aromatic heterocycles. The van der Waals surface area contributed by atoms with Gasteiger partial charge in [-0.1, -0.05) is 32.9 Å². The molecule has 1 heterocycles. The van der Waals surface area contributed by atoms with Crippen molar-refractivity contribution in [2.75, 3.05) is 44.6 Å². The summed E-state index contributed by atoms with van der Waals surface area (Å²) >= 11 is 0. The van der Waals surface area contributed by atoms with Crippen LogP contribution in [0.1, 0.15) is 26.3 Å². The minimum atomic E-state index is -0.223. The molecular formula is C20H29N5O. The first kappa shape index (κ1) is 20.0. The molecule has 1 aromatic carbocycles. The Kier molecular flexibility index (Phi) is 6.78. The molecule has 3 N–H and O–H groups in total. The topological polar surface area (TPSA) is 85.4 Å². The minimum absolute atomic E-state index is 0.0915. The lowest BCUT2D eigenvalue weighted by molar-refractivity contribution is -0.128. The summed E-state index contributed by atoms with van der Waals surface area (Å²) in [5.41, 5.74) is 7.87. The van der Waals surface area contributed by atoms with E-state index in [1.165, 1.54) is 11.8 Å². The van der Waals surface area contributed by atoms with E-state index in [9.17, 15) is 10.1 Å². The van der Waals surface area contributed by atoms with Gasteiger partial charge in [0.1, 0.15) is 11.6 Å². The van der Waals surface area contributed by atoms with Crippen LogP contribution in [0.2, 0.25) is 0 Å². The fraction of sp³-hybridized carbons (Fsp3) is 0.500. The summed E-state index contributed by atoms with van der Waals surface area (Å²) in [5.74, 6) is -0.223. The smallest absolute Gasteiger partial charge is 0.266 e. The lowest BCUT2D eigenvalue weighted by Crippen LogP contribution is -2.50. The van der Waals surface area contributed by atoms with Crippen LogP contribution in [0.25, 0.3) is 0 Å². The number of benzene rings is 1. The van der Waals surface area contributed by atoms with Gasteiger partial charge in [-0.25, -0.2) is 0 Å². The van der Waals surface area contributed by atoms with E-state index in [0.717, 1.165) is 25.3 Å². The predicted molar refractivity (Wildman–Crippen MR) is 105 cm³/mol. The summed E-state index contributed by atoms with van der Waals surface area (Å²) in [6.07, 6.45) is 1.50. The van der Waals surface area contributed by atoms with Gasteiger partial charge in [0.05, 0.1) is 0 Å². The Labute approximate surface area is 156 Å². The Hall–Kier alpha value is -2.36. The highest BCUT2D eigenvalue weighted by Gasteiger charge is 2.23. The zero-order valence-electron chi connectivity index (χ0n) is 16.0. The number of amides is 1. The molecule has 0 radical (unpaired) electrons. The molecule has 2 rings (SSSR count). The average molecular weight is 355 g/mol. The van der Waals surface area contributed by atoms with Gasteiger partial charge in [-0.3, -0.25) is 9.69 Å². The number of hydrogen-bond donors (Lipinski definition) is 2. The molecule has 0 bridgehead atoms. The Morgan fingerprint density at radius 3 is 2.35 bits per heavy atom. The van der Waals surface area contributed by atoms with Gasteiger partial charge in [0.15, 0.2) is 0 Å². The van der Waals surface area contributed by atoms with Crippen LogP contribution in [0.3, 0.4) is 0 Å². The van der Waals surface area contributed by atoms with Crippen molar-refractivity contribution >= 4 is 11.6 Å². The van der Waals surface area contributed by atoms with Crippen LogP contribution in [0.15, 0.2) is 36.0 Å². The van der Waals surface area contributed by atoms with Crippen molar-refractivity contribution in [2.24, 2.45) is 5.73 Å². The van der Waals surface area contributed by atoms with Crippen molar-refractivity contribution in [2.45, 2.75) is 26.2 Å². The predicted octanol–water partition coefficient (Wildman–Crippen LogP) is 1.91. The van der Waals surface area contributed by atoms with Crippen molar-refractivity contribution in [1.29, 1.82) is 5.26 Å². The van der Waals surface area contributed by atoms with E-state index in [1.54, 1.807) is 4.90 Å². The minimum Gasteiger partial charge on any atom is -0.360 e. The summed E-state index contributed by atoms with van der Waals surface area (Å²) in [5, 5.41) is 12.4. The molecule has 1 saturated heterocycles. The Bertz CT molecular complexity index is 674. The highest BCUT2D eigenvalue weighted by molar-refractivity contribution is 5.97. The fourth-order valence-electron chi connectivity index (χ4n) is 2.89. The molecular weight excluding hydrogens is 326 g/mol. The van der Waals surface area contributed by atoms with E-state index in [-0.39, 0.29) is 16.9 Å². The zero-order chi connectivity index (χ0) is 19.2. The van der Waals surface area contributed by atoms with Crippen LogP contribution < -0.4 is 11.1 Å². The number of carbonyl (C=O) groups is 1. The van der Waals surface area contributed by atoms with Crippen molar-refractivity contribution in [1.82, 2.24) is 9.80 Å². The van der Waals surface area contributed by atoms with E-state index in [4.69, 9.17) is 5.73 Å². The second-order valence-electron chi connectivity index (χ2n) is 7.56. The number of hydrogen-bond acceptors (Lipinski definition) is 5. The van der Waals surface area contributed by atoms with Crippen LogP contribution in [0.4, 0.5) is 5.69 Å². The largest absolute Gasteiger partial charge is 0.360 e. The summed E-state index contributed by atoms with van der Waals surface area (Å²) in [6, 6.07) is 10.0. The Balaban J connectivity index is 1.97. The van der Waals surface area contributed by atoms with Crippen molar-refractivity contribution in [3.63, 3.8) is 0 Å². The maximum Gasteiger partial charge on any atom is 0.266 e. The third-order valence-electron chi connectivity index (χ3n) is 4.59. The second kappa shape index (κ2) is 8.84. The highest BCUT2D eigenvalue weighted by Crippen LogP contribution is 2.23. The van der Waals surface area contributed by atoms with Gasteiger partial charge in [-0.15, -0.1) is 0 Å². The molecule has 1 amide bonds. The number of piperazine rings is 1. The molecule has 0 aliphatic carbocycles. The van der Waals surface area contributed by atoms with Crippen molar-refractivity contribution in [3.05, 3.63) is 41.6 Å². The first-order chi connectivity index (χ1) is 12.3. The number of nitrogens with zero attached hydrogens (tertiary/aromatic N) is 3. The molecule has 26 heavy (non-hydrogen) atoms. The average Bonchev–Trinajstić information content (AvgIpc) is 2.62. The number of nitrogens with two attached hydrogens (primary N) is 1. The maximum atomic E-state index is 12.6. The third kappa shape index (κ3) is 5.32. The first-order valence-corrected chi connectivity index (χ1v) is 9.04. The quantitative estimate of drug-likeness (QED) is 0.622. The summed E-state index contributed by atoms with van der Waals surface area (Å²) in [4.78, 5) is 16.5. The van der Waals surface area contributed by atoms with Crippen LogP contribution >= 0.6 is 0 Å². The molecule has 1 aromatic rings. The van der Waals surface area contributed by atoms with Crippen LogP contribution in [0, 0.1) is 11.3 Å². The van der Waals surface area contributed by atoms with Crippen LogP contribution in [-0.2, 0) is 10.2 Å². The first-order valence-electron chi connectivity index (χ1n) is 9.04. The van der Waals surface area contributed by atoms with Crippen molar-refractivity contribution < 1.29 is 4.79 Å². The Morgan fingerprint density at radius 2 is 1.85 bits per heavy atom. The molecule has 1 aliphatic rings. The van der Waals surface area contributed by atoms with Gasteiger partial charge >= 0.3 is 0 Å². The molecule has 140 valence electrons. The number of carbonyl (C=O) groups excluding carboxylic acids is 1. The molecule has 0 spiro atoms.